The standard InChI is InChI=1S/C17H15O7P/c18-16(19)9-11(17(20)23-21)10-25(22)15-8-4-2-6-13(15)12-5-1-3-7-14(12)24-25/h1-8,11,21H,9-10H2,(H,18,19). The lowest BCUT2D eigenvalue weighted by atomic mass is 10.0. The van der Waals surface area contributed by atoms with Crippen LogP contribution in [-0.2, 0) is 19.0 Å². The number of carbonyl (C=O) groups excluding carboxylic acids is 1. The van der Waals surface area contributed by atoms with Gasteiger partial charge in [-0.25, -0.2) is 4.79 Å². The maximum atomic E-state index is 13.5. The highest BCUT2D eigenvalue weighted by molar-refractivity contribution is 7.67. The predicted octanol–water partition coefficient (Wildman–Crippen LogP) is 2.76. The fraction of sp³-hybridized carbons (Fsp3) is 0.176. The minimum Gasteiger partial charge on any atom is -0.481 e. The molecule has 0 amide bonds. The summed E-state index contributed by atoms with van der Waals surface area (Å²) in [5, 5.41) is 18.0. The van der Waals surface area contributed by atoms with Crippen LogP contribution in [0, 0.1) is 5.92 Å². The second-order valence-corrected chi connectivity index (χ2v) is 8.04. The van der Waals surface area contributed by atoms with Crippen molar-refractivity contribution < 1.29 is 33.9 Å². The van der Waals surface area contributed by atoms with E-state index >= 15 is 0 Å². The lowest BCUT2D eigenvalue weighted by Gasteiger charge is -2.30. The Labute approximate surface area is 143 Å². The first kappa shape index (κ1) is 17.2. The number of carbonyl (C=O) groups is 2. The highest BCUT2D eigenvalue weighted by Crippen LogP contribution is 2.55. The monoisotopic (exact) mass is 362 g/mol. The van der Waals surface area contributed by atoms with Crippen molar-refractivity contribution in [1.82, 2.24) is 0 Å². The molecule has 0 saturated heterocycles. The van der Waals surface area contributed by atoms with Crippen LogP contribution in [0.15, 0.2) is 48.5 Å². The molecule has 8 heteroatoms. The van der Waals surface area contributed by atoms with Gasteiger partial charge in [-0.3, -0.25) is 9.36 Å². The number of fused-ring (bicyclic) bond motifs is 3. The summed E-state index contributed by atoms with van der Waals surface area (Å²) in [6.07, 6.45) is -1.01. The summed E-state index contributed by atoms with van der Waals surface area (Å²) in [6, 6.07) is 14.0. The molecule has 3 rings (SSSR count). The fourth-order valence-corrected chi connectivity index (χ4v) is 5.49. The van der Waals surface area contributed by atoms with E-state index in [0.29, 0.717) is 16.6 Å². The second kappa shape index (κ2) is 6.70. The Hall–Kier alpha value is -2.63. The molecule has 2 N–H and O–H groups in total. The van der Waals surface area contributed by atoms with Crippen molar-refractivity contribution in [3.05, 3.63) is 48.5 Å². The summed E-state index contributed by atoms with van der Waals surface area (Å²) in [5.41, 5.74) is 1.48. The molecule has 0 fully saturated rings. The van der Waals surface area contributed by atoms with Crippen LogP contribution in [0.1, 0.15) is 6.42 Å². The summed E-state index contributed by atoms with van der Waals surface area (Å²) in [6.45, 7) is 0. The van der Waals surface area contributed by atoms with Crippen LogP contribution in [0.25, 0.3) is 11.1 Å². The number of carboxylic acid groups (broad SMARTS) is 1. The van der Waals surface area contributed by atoms with Crippen molar-refractivity contribution in [3.63, 3.8) is 0 Å². The molecule has 1 aliphatic heterocycles. The number of hydrogen-bond donors (Lipinski definition) is 2. The predicted molar refractivity (Wildman–Crippen MR) is 89.1 cm³/mol. The average Bonchev–Trinajstić information content (AvgIpc) is 2.60. The van der Waals surface area contributed by atoms with E-state index in [2.05, 4.69) is 4.89 Å². The highest BCUT2D eigenvalue weighted by Gasteiger charge is 2.41. The zero-order valence-electron chi connectivity index (χ0n) is 13.0. The Balaban J connectivity index is 2.05. The first-order chi connectivity index (χ1) is 11.9. The Kier molecular flexibility index (Phi) is 4.61. The molecule has 0 spiro atoms. The van der Waals surface area contributed by atoms with Crippen molar-refractivity contribution >= 4 is 24.6 Å². The van der Waals surface area contributed by atoms with Crippen LogP contribution >= 0.6 is 7.37 Å². The lowest BCUT2D eigenvalue weighted by Crippen LogP contribution is -2.29. The van der Waals surface area contributed by atoms with Crippen LogP contribution in [0.3, 0.4) is 0 Å². The summed E-state index contributed by atoms with van der Waals surface area (Å²) in [4.78, 5) is 26.4. The van der Waals surface area contributed by atoms with Gasteiger partial charge in [0.2, 0.25) is 0 Å². The van der Waals surface area contributed by atoms with E-state index in [4.69, 9.17) is 14.9 Å². The fourth-order valence-electron chi connectivity index (χ4n) is 2.91. The van der Waals surface area contributed by atoms with Crippen LogP contribution in [0.5, 0.6) is 5.75 Å². The van der Waals surface area contributed by atoms with Gasteiger partial charge in [-0.15, -0.1) is 0 Å². The quantitative estimate of drug-likeness (QED) is 0.478. The van der Waals surface area contributed by atoms with E-state index in [1.807, 2.05) is 12.1 Å². The molecule has 0 bridgehead atoms. The topological polar surface area (TPSA) is 110 Å². The summed E-state index contributed by atoms with van der Waals surface area (Å²) >= 11 is 0. The summed E-state index contributed by atoms with van der Waals surface area (Å²) < 4.78 is 19.3. The number of rotatable bonds is 5. The first-order valence-corrected chi connectivity index (χ1v) is 9.30. The molecule has 7 nitrogen and oxygen atoms in total. The lowest BCUT2D eigenvalue weighted by molar-refractivity contribution is -0.238. The largest absolute Gasteiger partial charge is 0.481 e. The number of aliphatic carboxylic acids is 1. The van der Waals surface area contributed by atoms with Crippen LogP contribution in [0.2, 0.25) is 0 Å². The van der Waals surface area contributed by atoms with Gasteiger partial charge in [0, 0.05) is 5.56 Å². The summed E-state index contributed by atoms with van der Waals surface area (Å²) in [5.74, 6) is -3.33. The molecule has 2 atom stereocenters. The molecule has 0 saturated carbocycles. The van der Waals surface area contributed by atoms with Crippen LogP contribution in [0.4, 0.5) is 0 Å². The van der Waals surface area contributed by atoms with Gasteiger partial charge in [-0.1, -0.05) is 36.4 Å². The smallest absolute Gasteiger partial charge is 0.346 e. The molecule has 0 aliphatic carbocycles. The maximum Gasteiger partial charge on any atom is 0.346 e. The van der Waals surface area contributed by atoms with Crippen molar-refractivity contribution in [1.29, 1.82) is 0 Å². The molecule has 0 aromatic heterocycles. The molecule has 1 aliphatic rings. The zero-order chi connectivity index (χ0) is 18.0. The minimum atomic E-state index is -3.59. The first-order valence-electron chi connectivity index (χ1n) is 7.49. The van der Waals surface area contributed by atoms with Gasteiger partial charge in [0.1, 0.15) is 5.75 Å². The third-order valence-electron chi connectivity index (χ3n) is 4.00. The number of hydrogen-bond acceptors (Lipinski definition) is 6. The second-order valence-electron chi connectivity index (χ2n) is 5.67. The van der Waals surface area contributed by atoms with Gasteiger partial charge in [0.15, 0.2) is 0 Å². The van der Waals surface area contributed by atoms with E-state index in [0.717, 1.165) is 5.56 Å². The normalized spacial score (nSPS) is 19.1. The van der Waals surface area contributed by atoms with E-state index in [-0.39, 0.29) is 6.16 Å². The van der Waals surface area contributed by atoms with E-state index < -0.39 is 31.6 Å². The minimum absolute atomic E-state index is 0.385. The Morgan fingerprint density at radius 3 is 2.40 bits per heavy atom. The van der Waals surface area contributed by atoms with Gasteiger partial charge in [-0.05, 0) is 17.7 Å². The van der Waals surface area contributed by atoms with Gasteiger partial charge < -0.3 is 14.5 Å². The number of benzene rings is 2. The molecule has 130 valence electrons. The molecule has 2 aromatic rings. The average molecular weight is 362 g/mol. The number of carboxylic acids is 1. The van der Waals surface area contributed by atoms with Gasteiger partial charge >= 0.3 is 11.9 Å². The van der Waals surface area contributed by atoms with E-state index in [1.54, 1.807) is 36.4 Å². The maximum absolute atomic E-state index is 13.5. The molecule has 2 aromatic carbocycles. The van der Waals surface area contributed by atoms with Gasteiger partial charge in [0.05, 0.1) is 23.8 Å². The Morgan fingerprint density at radius 1 is 1.08 bits per heavy atom. The SMILES string of the molecule is O=C(O)CC(CP1(=O)Oc2ccccc2-c2ccccc21)C(=O)OO. The number of para-hydroxylation sites is 1. The Morgan fingerprint density at radius 2 is 1.72 bits per heavy atom. The molecular formula is C17H15O7P. The molecule has 0 radical (unpaired) electrons. The molecular weight excluding hydrogens is 347 g/mol. The van der Waals surface area contributed by atoms with Gasteiger partial charge in [0.25, 0.3) is 7.37 Å². The van der Waals surface area contributed by atoms with Crippen molar-refractivity contribution in [2.24, 2.45) is 5.92 Å². The van der Waals surface area contributed by atoms with E-state index in [1.165, 1.54) is 0 Å². The molecule has 25 heavy (non-hydrogen) atoms. The van der Waals surface area contributed by atoms with E-state index in [9.17, 15) is 14.2 Å². The van der Waals surface area contributed by atoms with Crippen molar-refractivity contribution in [2.75, 3.05) is 6.16 Å². The van der Waals surface area contributed by atoms with Crippen molar-refractivity contribution in [2.45, 2.75) is 6.42 Å². The molecule has 1 heterocycles. The third kappa shape index (κ3) is 3.29. The Bertz CT molecular complexity index is 877. The van der Waals surface area contributed by atoms with Crippen molar-refractivity contribution in [3.8, 4) is 16.9 Å². The third-order valence-corrected chi connectivity index (χ3v) is 6.54. The highest BCUT2D eigenvalue weighted by atomic mass is 31.2. The van der Waals surface area contributed by atoms with Crippen LogP contribution < -0.4 is 9.83 Å². The van der Waals surface area contributed by atoms with Crippen LogP contribution in [-0.4, -0.2) is 28.5 Å². The van der Waals surface area contributed by atoms with Gasteiger partial charge in [-0.2, -0.15) is 5.26 Å². The molecule has 2 unspecified atom stereocenters. The summed E-state index contributed by atoms with van der Waals surface area (Å²) in [7, 11) is -3.59. The zero-order valence-corrected chi connectivity index (χ0v) is 13.9.